The molecule has 0 radical (unpaired) electrons. The highest BCUT2D eigenvalue weighted by Crippen LogP contribution is 2.29. The van der Waals surface area contributed by atoms with E-state index in [0.717, 1.165) is 6.07 Å². The first-order valence-electron chi connectivity index (χ1n) is 4.56. The standard InChI is InChI=1S/C10H8BrF3O3/c1-2-16-9(15)7-5-6(11)3-4-8(7)17-10(12,13)14/h3-5H,2H2,1H3. The van der Waals surface area contributed by atoms with Gasteiger partial charge in [0.1, 0.15) is 11.3 Å². The van der Waals surface area contributed by atoms with Crippen LogP contribution in [-0.4, -0.2) is 18.9 Å². The van der Waals surface area contributed by atoms with Crippen molar-refractivity contribution in [3.63, 3.8) is 0 Å². The summed E-state index contributed by atoms with van der Waals surface area (Å²) in [5.41, 5.74) is -0.279. The van der Waals surface area contributed by atoms with Crippen LogP contribution in [-0.2, 0) is 4.74 Å². The largest absolute Gasteiger partial charge is 0.573 e. The van der Waals surface area contributed by atoms with Crippen LogP contribution in [0.15, 0.2) is 22.7 Å². The van der Waals surface area contributed by atoms with Gasteiger partial charge in [0, 0.05) is 4.47 Å². The Labute approximate surface area is 104 Å². The molecule has 0 saturated heterocycles. The highest BCUT2D eigenvalue weighted by Gasteiger charge is 2.33. The van der Waals surface area contributed by atoms with Gasteiger partial charge < -0.3 is 9.47 Å². The molecule has 0 aromatic heterocycles. The van der Waals surface area contributed by atoms with Crippen LogP contribution in [0.25, 0.3) is 0 Å². The topological polar surface area (TPSA) is 35.5 Å². The maximum Gasteiger partial charge on any atom is 0.573 e. The van der Waals surface area contributed by atoms with Gasteiger partial charge in [-0.2, -0.15) is 0 Å². The fourth-order valence-corrected chi connectivity index (χ4v) is 1.45. The molecule has 7 heteroatoms. The molecule has 0 spiro atoms. The van der Waals surface area contributed by atoms with Gasteiger partial charge in [-0.3, -0.25) is 0 Å². The van der Waals surface area contributed by atoms with Crippen LogP contribution in [0, 0.1) is 0 Å². The number of rotatable bonds is 3. The normalized spacial score (nSPS) is 11.1. The van der Waals surface area contributed by atoms with E-state index in [2.05, 4.69) is 25.4 Å². The molecule has 0 aliphatic heterocycles. The van der Waals surface area contributed by atoms with E-state index in [0.29, 0.717) is 4.47 Å². The molecule has 0 aliphatic carbocycles. The molecule has 1 aromatic carbocycles. The van der Waals surface area contributed by atoms with Gasteiger partial charge in [-0.15, -0.1) is 13.2 Å². The lowest BCUT2D eigenvalue weighted by Crippen LogP contribution is -2.19. The molecule has 0 aliphatic rings. The zero-order valence-electron chi connectivity index (χ0n) is 8.68. The summed E-state index contributed by atoms with van der Waals surface area (Å²) in [4.78, 5) is 11.4. The Morgan fingerprint density at radius 3 is 2.59 bits per heavy atom. The van der Waals surface area contributed by atoms with Gasteiger partial charge in [-0.25, -0.2) is 4.79 Å². The summed E-state index contributed by atoms with van der Waals surface area (Å²) in [7, 11) is 0. The molecule has 3 nitrogen and oxygen atoms in total. The molecule has 1 aromatic rings. The summed E-state index contributed by atoms with van der Waals surface area (Å²) in [6.07, 6.45) is -4.85. The van der Waals surface area contributed by atoms with Gasteiger partial charge in [0.25, 0.3) is 0 Å². The highest BCUT2D eigenvalue weighted by atomic mass is 79.9. The van der Waals surface area contributed by atoms with Crippen LogP contribution in [0.5, 0.6) is 5.75 Å². The minimum atomic E-state index is -4.85. The molecule has 0 N–H and O–H groups in total. The number of esters is 1. The van der Waals surface area contributed by atoms with Gasteiger partial charge >= 0.3 is 12.3 Å². The molecule has 94 valence electrons. The summed E-state index contributed by atoms with van der Waals surface area (Å²) in [5.74, 6) is -1.45. The Kier molecular flexibility index (Phi) is 4.39. The maximum absolute atomic E-state index is 12.1. The van der Waals surface area contributed by atoms with E-state index in [4.69, 9.17) is 0 Å². The second-order valence-electron chi connectivity index (χ2n) is 2.91. The molecule has 0 fully saturated rings. The minimum Gasteiger partial charge on any atom is -0.462 e. The van der Waals surface area contributed by atoms with Crippen molar-refractivity contribution in [2.24, 2.45) is 0 Å². The Balaban J connectivity index is 3.08. The van der Waals surface area contributed by atoms with Crippen LogP contribution in [0.2, 0.25) is 0 Å². The monoisotopic (exact) mass is 312 g/mol. The lowest BCUT2D eigenvalue weighted by atomic mass is 10.2. The summed E-state index contributed by atoms with van der Waals surface area (Å²) in [5, 5.41) is 0. The maximum atomic E-state index is 12.1. The molecular weight excluding hydrogens is 305 g/mol. The Morgan fingerprint density at radius 1 is 1.41 bits per heavy atom. The summed E-state index contributed by atoms with van der Waals surface area (Å²) in [6.45, 7) is 1.62. The Morgan fingerprint density at radius 2 is 2.06 bits per heavy atom. The van der Waals surface area contributed by atoms with Crippen molar-refractivity contribution >= 4 is 21.9 Å². The first-order chi connectivity index (χ1) is 7.83. The number of carbonyl (C=O) groups is 1. The van der Waals surface area contributed by atoms with Crippen molar-refractivity contribution in [1.29, 1.82) is 0 Å². The molecule has 0 heterocycles. The van der Waals surface area contributed by atoms with Crippen molar-refractivity contribution in [2.45, 2.75) is 13.3 Å². The van der Waals surface area contributed by atoms with Crippen LogP contribution in [0.1, 0.15) is 17.3 Å². The third-order valence-electron chi connectivity index (χ3n) is 1.66. The van der Waals surface area contributed by atoms with Gasteiger partial charge in [0.15, 0.2) is 0 Å². The van der Waals surface area contributed by atoms with Crippen LogP contribution < -0.4 is 4.74 Å². The first-order valence-corrected chi connectivity index (χ1v) is 5.35. The number of carbonyl (C=O) groups excluding carboxylic acids is 1. The third-order valence-corrected chi connectivity index (χ3v) is 2.16. The van der Waals surface area contributed by atoms with E-state index in [9.17, 15) is 18.0 Å². The Bertz CT molecular complexity index is 418. The van der Waals surface area contributed by atoms with Crippen LogP contribution in [0.3, 0.4) is 0 Å². The smallest absolute Gasteiger partial charge is 0.462 e. The second-order valence-corrected chi connectivity index (χ2v) is 3.82. The highest BCUT2D eigenvalue weighted by molar-refractivity contribution is 9.10. The van der Waals surface area contributed by atoms with E-state index < -0.39 is 18.1 Å². The molecule has 0 unspecified atom stereocenters. The van der Waals surface area contributed by atoms with E-state index in [1.54, 1.807) is 6.92 Å². The quantitative estimate of drug-likeness (QED) is 0.801. The SMILES string of the molecule is CCOC(=O)c1cc(Br)ccc1OC(F)(F)F. The predicted octanol–water partition coefficient (Wildman–Crippen LogP) is 3.52. The zero-order chi connectivity index (χ0) is 13.1. The van der Waals surface area contributed by atoms with E-state index in [1.165, 1.54) is 12.1 Å². The van der Waals surface area contributed by atoms with Gasteiger partial charge in [0.2, 0.25) is 0 Å². The number of alkyl halides is 3. The Hall–Kier alpha value is -1.24. The summed E-state index contributed by atoms with van der Waals surface area (Å²) >= 11 is 3.05. The predicted molar refractivity (Wildman–Crippen MR) is 56.8 cm³/mol. The average Bonchev–Trinajstić information content (AvgIpc) is 2.19. The molecule has 0 atom stereocenters. The molecule has 1 rings (SSSR count). The van der Waals surface area contributed by atoms with Crippen molar-refractivity contribution < 1.29 is 27.4 Å². The number of benzene rings is 1. The zero-order valence-corrected chi connectivity index (χ0v) is 10.3. The van der Waals surface area contributed by atoms with Crippen molar-refractivity contribution in [3.05, 3.63) is 28.2 Å². The van der Waals surface area contributed by atoms with Gasteiger partial charge in [0.05, 0.1) is 6.61 Å². The van der Waals surface area contributed by atoms with Crippen molar-refractivity contribution in [3.8, 4) is 5.75 Å². The van der Waals surface area contributed by atoms with Crippen LogP contribution >= 0.6 is 15.9 Å². The number of halogens is 4. The van der Waals surface area contributed by atoms with Gasteiger partial charge in [-0.1, -0.05) is 15.9 Å². The first kappa shape index (κ1) is 13.8. The molecule has 17 heavy (non-hydrogen) atoms. The number of hydrogen-bond acceptors (Lipinski definition) is 3. The molecule has 0 saturated carbocycles. The summed E-state index contributed by atoms with van der Waals surface area (Å²) in [6, 6.07) is 3.59. The van der Waals surface area contributed by atoms with Gasteiger partial charge in [-0.05, 0) is 25.1 Å². The van der Waals surface area contributed by atoms with E-state index in [-0.39, 0.29) is 12.2 Å². The summed E-state index contributed by atoms with van der Waals surface area (Å²) < 4.78 is 45.1. The van der Waals surface area contributed by atoms with Crippen LogP contribution in [0.4, 0.5) is 13.2 Å². The number of hydrogen-bond donors (Lipinski definition) is 0. The third kappa shape index (κ3) is 4.26. The van der Waals surface area contributed by atoms with Crippen molar-refractivity contribution in [2.75, 3.05) is 6.61 Å². The fourth-order valence-electron chi connectivity index (χ4n) is 1.08. The minimum absolute atomic E-state index is 0.0663. The lowest BCUT2D eigenvalue weighted by molar-refractivity contribution is -0.274. The second kappa shape index (κ2) is 5.39. The van der Waals surface area contributed by atoms with E-state index >= 15 is 0 Å². The number of ether oxygens (including phenoxy) is 2. The lowest BCUT2D eigenvalue weighted by Gasteiger charge is -2.12. The van der Waals surface area contributed by atoms with Crippen molar-refractivity contribution in [1.82, 2.24) is 0 Å². The van der Waals surface area contributed by atoms with E-state index in [1.807, 2.05) is 0 Å². The average molecular weight is 313 g/mol. The fraction of sp³-hybridized carbons (Fsp3) is 0.300. The molecule has 0 amide bonds. The molecular formula is C10H8BrF3O3. The molecule has 0 bridgehead atoms.